The van der Waals surface area contributed by atoms with Crippen molar-refractivity contribution < 1.29 is 18.1 Å². The number of hydrogen-bond acceptors (Lipinski definition) is 7. The number of nitrogens with one attached hydrogen (secondary N) is 3. The van der Waals surface area contributed by atoms with Gasteiger partial charge < -0.3 is 20.7 Å². The SMILES string of the molecule is CCNC(=O)NC[C@@H](C)Oc1cc(F)ccc1Nc1ncnc2cc(N=S(C)(C)=O)cc(C)c12. The van der Waals surface area contributed by atoms with E-state index in [9.17, 15) is 13.4 Å². The van der Waals surface area contributed by atoms with Crippen LogP contribution in [0.15, 0.2) is 41.0 Å². The van der Waals surface area contributed by atoms with Gasteiger partial charge >= 0.3 is 6.03 Å². The quantitative estimate of drug-likeness (QED) is 0.436. The van der Waals surface area contributed by atoms with Crippen LogP contribution in [-0.2, 0) is 9.73 Å². The lowest BCUT2D eigenvalue weighted by molar-refractivity contribution is 0.208. The number of ether oxygens (including phenoxy) is 1. The van der Waals surface area contributed by atoms with E-state index in [1.165, 1.54) is 18.5 Å². The van der Waals surface area contributed by atoms with E-state index in [0.29, 0.717) is 29.3 Å². The fourth-order valence-electron chi connectivity index (χ4n) is 3.32. The van der Waals surface area contributed by atoms with Crippen LogP contribution in [0.1, 0.15) is 19.4 Å². The number of benzene rings is 2. The molecule has 0 saturated carbocycles. The predicted molar refractivity (Wildman–Crippen MR) is 133 cm³/mol. The zero-order chi connectivity index (χ0) is 24.9. The van der Waals surface area contributed by atoms with Crippen molar-refractivity contribution in [3.63, 3.8) is 0 Å². The van der Waals surface area contributed by atoms with Crippen LogP contribution >= 0.6 is 0 Å². The van der Waals surface area contributed by atoms with Gasteiger partial charge in [-0.05, 0) is 50.6 Å². The number of fused-ring (bicyclic) bond motifs is 1. The van der Waals surface area contributed by atoms with Crippen LogP contribution in [0.5, 0.6) is 5.75 Å². The molecule has 0 bridgehead atoms. The van der Waals surface area contributed by atoms with Crippen molar-refractivity contribution >= 4 is 43.9 Å². The Bertz CT molecular complexity index is 1320. The number of aryl methyl sites for hydroxylation is 1. The third-order valence-electron chi connectivity index (χ3n) is 4.66. The Morgan fingerprint density at radius 2 is 1.97 bits per heavy atom. The number of amides is 2. The summed E-state index contributed by atoms with van der Waals surface area (Å²) in [6, 6.07) is 7.42. The number of hydrogen-bond donors (Lipinski definition) is 3. The Morgan fingerprint density at radius 1 is 1.21 bits per heavy atom. The third kappa shape index (κ3) is 6.77. The van der Waals surface area contributed by atoms with Crippen molar-refractivity contribution in [1.29, 1.82) is 0 Å². The van der Waals surface area contributed by atoms with E-state index >= 15 is 0 Å². The van der Waals surface area contributed by atoms with Gasteiger partial charge in [0, 0.05) is 40.2 Å². The fraction of sp³-hybridized carbons (Fsp3) is 0.348. The highest BCUT2D eigenvalue weighted by Crippen LogP contribution is 2.34. The summed E-state index contributed by atoms with van der Waals surface area (Å²) in [6.45, 7) is 6.23. The molecule has 34 heavy (non-hydrogen) atoms. The second-order valence-electron chi connectivity index (χ2n) is 8.09. The summed E-state index contributed by atoms with van der Waals surface area (Å²) in [7, 11) is -2.32. The molecule has 1 atom stereocenters. The summed E-state index contributed by atoms with van der Waals surface area (Å²) in [6.07, 6.45) is 4.13. The molecule has 0 spiro atoms. The zero-order valence-corrected chi connectivity index (χ0v) is 20.6. The van der Waals surface area contributed by atoms with Gasteiger partial charge in [-0.25, -0.2) is 23.4 Å². The van der Waals surface area contributed by atoms with Gasteiger partial charge in [-0.3, -0.25) is 0 Å². The summed E-state index contributed by atoms with van der Waals surface area (Å²) >= 11 is 0. The summed E-state index contributed by atoms with van der Waals surface area (Å²) in [5.41, 5.74) is 2.55. The van der Waals surface area contributed by atoms with Crippen molar-refractivity contribution in [2.75, 3.05) is 30.9 Å². The lowest BCUT2D eigenvalue weighted by Crippen LogP contribution is -2.40. The molecule has 3 N–H and O–H groups in total. The Hall–Kier alpha value is -3.47. The number of urea groups is 1. The van der Waals surface area contributed by atoms with Gasteiger partial charge in [0.15, 0.2) is 0 Å². The van der Waals surface area contributed by atoms with Gasteiger partial charge in [-0.15, -0.1) is 0 Å². The first-order valence-corrected chi connectivity index (χ1v) is 13.1. The van der Waals surface area contributed by atoms with Crippen molar-refractivity contribution in [1.82, 2.24) is 20.6 Å². The van der Waals surface area contributed by atoms with Crippen LogP contribution < -0.4 is 20.7 Å². The molecule has 3 rings (SSSR count). The Labute approximate surface area is 198 Å². The molecule has 0 saturated heterocycles. The van der Waals surface area contributed by atoms with Gasteiger partial charge in [-0.1, -0.05) is 0 Å². The largest absolute Gasteiger partial charge is 0.487 e. The number of nitrogens with zero attached hydrogens (tertiary/aromatic N) is 3. The Morgan fingerprint density at radius 3 is 2.68 bits per heavy atom. The number of aromatic nitrogens is 2. The van der Waals surface area contributed by atoms with Crippen LogP contribution in [0.2, 0.25) is 0 Å². The van der Waals surface area contributed by atoms with E-state index < -0.39 is 21.7 Å². The van der Waals surface area contributed by atoms with Gasteiger partial charge in [-0.2, -0.15) is 4.36 Å². The van der Waals surface area contributed by atoms with Crippen LogP contribution in [0.3, 0.4) is 0 Å². The summed E-state index contributed by atoms with van der Waals surface area (Å²) < 4.78 is 36.3. The molecule has 0 fully saturated rings. The first kappa shape index (κ1) is 25.2. The third-order valence-corrected chi connectivity index (χ3v) is 5.31. The maximum Gasteiger partial charge on any atom is 0.314 e. The molecule has 0 aliphatic carbocycles. The topological polar surface area (TPSA) is 118 Å². The minimum Gasteiger partial charge on any atom is -0.487 e. The average Bonchev–Trinajstić information content (AvgIpc) is 2.73. The van der Waals surface area contributed by atoms with E-state index in [1.807, 2.05) is 19.9 Å². The summed E-state index contributed by atoms with van der Waals surface area (Å²) in [5.74, 6) is 0.326. The van der Waals surface area contributed by atoms with Gasteiger partial charge in [0.1, 0.15) is 29.8 Å². The number of rotatable bonds is 8. The Balaban J connectivity index is 1.90. The zero-order valence-electron chi connectivity index (χ0n) is 19.8. The second kappa shape index (κ2) is 10.6. The van der Waals surface area contributed by atoms with Crippen LogP contribution in [-0.4, -0.2) is 51.9 Å². The van der Waals surface area contributed by atoms with Crippen molar-refractivity contribution in [2.24, 2.45) is 4.36 Å². The van der Waals surface area contributed by atoms with Crippen LogP contribution in [0.4, 0.5) is 26.4 Å². The maximum absolute atomic E-state index is 14.0. The molecule has 182 valence electrons. The van der Waals surface area contributed by atoms with Gasteiger partial charge in [0.2, 0.25) is 0 Å². The molecular weight excluding hydrogens is 459 g/mol. The average molecular weight is 489 g/mol. The lowest BCUT2D eigenvalue weighted by Gasteiger charge is -2.19. The van der Waals surface area contributed by atoms with E-state index in [4.69, 9.17) is 4.74 Å². The predicted octanol–water partition coefficient (Wildman–Crippen LogP) is 4.27. The highest BCUT2D eigenvalue weighted by Gasteiger charge is 2.15. The minimum absolute atomic E-state index is 0.238. The van der Waals surface area contributed by atoms with E-state index in [0.717, 1.165) is 10.9 Å². The minimum atomic E-state index is -2.32. The fourth-order valence-corrected chi connectivity index (χ4v) is 3.93. The molecule has 0 radical (unpaired) electrons. The van der Waals surface area contributed by atoms with E-state index in [-0.39, 0.29) is 18.3 Å². The van der Waals surface area contributed by atoms with Crippen molar-refractivity contribution in [3.05, 3.63) is 48.0 Å². The molecule has 1 heterocycles. The Kier molecular flexibility index (Phi) is 7.87. The summed E-state index contributed by atoms with van der Waals surface area (Å²) in [5, 5.41) is 9.31. The second-order valence-corrected chi connectivity index (χ2v) is 10.6. The van der Waals surface area contributed by atoms with Crippen molar-refractivity contribution in [3.8, 4) is 5.75 Å². The molecule has 1 aromatic heterocycles. The lowest BCUT2D eigenvalue weighted by atomic mass is 10.1. The van der Waals surface area contributed by atoms with Crippen molar-refractivity contribution in [2.45, 2.75) is 26.9 Å². The molecule has 3 aromatic rings. The standard InChI is InChI=1S/C23H29FN6O3S/c1-6-25-23(31)26-12-15(3)33-20-10-16(24)7-8-18(20)29-22-21-14(2)9-17(30-34(4,5)32)11-19(21)27-13-28-22/h7-11,13,15H,6,12H2,1-5H3,(H2,25,26,31)(H,27,28,29)/t15-/m1/s1. The maximum atomic E-state index is 14.0. The molecule has 2 aromatic carbocycles. The highest BCUT2D eigenvalue weighted by atomic mass is 32.2. The van der Waals surface area contributed by atoms with Gasteiger partial charge in [0.05, 0.1) is 23.4 Å². The number of anilines is 2. The van der Waals surface area contributed by atoms with Crippen LogP contribution in [0.25, 0.3) is 10.9 Å². The molecular formula is C23H29FN6O3S. The number of halogens is 1. The van der Waals surface area contributed by atoms with E-state index in [2.05, 4.69) is 30.3 Å². The molecule has 0 unspecified atom stereocenters. The number of carbonyl (C=O) groups excluding carboxylic acids is 1. The number of carbonyl (C=O) groups is 1. The molecule has 9 nitrogen and oxygen atoms in total. The van der Waals surface area contributed by atoms with Gasteiger partial charge in [0.25, 0.3) is 0 Å². The highest BCUT2D eigenvalue weighted by molar-refractivity contribution is 7.92. The molecule has 2 amide bonds. The molecule has 0 aliphatic rings. The smallest absolute Gasteiger partial charge is 0.314 e. The van der Waals surface area contributed by atoms with E-state index in [1.54, 1.807) is 31.6 Å². The first-order valence-electron chi connectivity index (χ1n) is 10.7. The first-order chi connectivity index (χ1) is 16.1. The normalized spacial score (nSPS) is 12.2. The molecule has 11 heteroatoms. The summed E-state index contributed by atoms with van der Waals surface area (Å²) in [4.78, 5) is 20.3. The monoisotopic (exact) mass is 488 g/mol. The molecule has 0 aliphatic heterocycles. The van der Waals surface area contributed by atoms with Crippen LogP contribution in [0, 0.1) is 12.7 Å².